The summed E-state index contributed by atoms with van der Waals surface area (Å²) in [5.41, 5.74) is 2.63. The molecule has 0 bridgehead atoms. The molecule has 8 nitrogen and oxygen atoms in total. The van der Waals surface area contributed by atoms with Gasteiger partial charge in [-0.3, -0.25) is 14.7 Å². The number of carbonyl (C=O) groups is 2. The van der Waals surface area contributed by atoms with Crippen LogP contribution in [0.4, 0.5) is 4.79 Å². The van der Waals surface area contributed by atoms with Gasteiger partial charge < -0.3 is 19.5 Å². The average molecular weight is 478 g/mol. The van der Waals surface area contributed by atoms with Crippen molar-refractivity contribution in [1.82, 2.24) is 24.7 Å². The topological polar surface area (TPSA) is 79.7 Å². The fourth-order valence-corrected chi connectivity index (χ4v) is 4.55. The van der Waals surface area contributed by atoms with Crippen LogP contribution in [0.15, 0.2) is 55.0 Å². The molecule has 3 aromatic rings. The van der Waals surface area contributed by atoms with E-state index in [9.17, 15) is 9.59 Å². The molecule has 2 amide bonds. The van der Waals surface area contributed by atoms with Crippen molar-refractivity contribution in [2.24, 2.45) is 7.05 Å². The van der Waals surface area contributed by atoms with Crippen molar-refractivity contribution in [2.75, 3.05) is 26.2 Å². The van der Waals surface area contributed by atoms with Crippen molar-refractivity contribution >= 4 is 22.9 Å². The number of benzene rings is 1. The van der Waals surface area contributed by atoms with E-state index in [1.54, 1.807) is 6.20 Å². The van der Waals surface area contributed by atoms with Gasteiger partial charge in [-0.25, -0.2) is 4.79 Å². The molecule has 0 spiro atoms. The number of nitrogens with one attached hydrogen (secondary N) is 1. The van der Waals surface area contributed by atoms with Gasteiger partial charge in [-0.1, -0.05) is 24.3 Å². The van der Waals surface area contributed by atoms with Gasteiger partial charge in [-0.2, -0.15) is 0 Å². The normalized spacial score (nSPS) is 15.7. The first kappa shape index (κ1) is 24.7. The molecule has 1 fully saturated rings. The smallest absolute Gasteiger partial charge is 0.408 e. The maximum atomic E-state index is 13.6. The average Bonchev–Trinajstić information content (AvgIpc) is 3.13. The van der Waals surface area contributed by atoms with Gasteiger partial charge >= 0.3 is 6.09 Å². The molecule has 1 atom stereocenters. The molecule has 0 saturated carbocycles. The number of nitrogens with zero attached hydrogens (tertiary/aromatic N) is 4. The number of alkyl carbamates (subject to hydrolysis) is 1. The highest BCUT2D eigenvalue weighted by atomic mass is 16.6. The van der Waals surface area contributed by atoms with Crippen LogP contribution in [-0.2, 0) is 29.5 Å². The molecule has 186 valence electrons. The summed E-state index contributed by atoms with van der Waals surface area (Å²) in [5, 5.41) is 3.94. The number of fused-ring (bicyclic) bond motifs is 1. The summed E-state index contributed by atoms with van der Waals surface area (Å²) >= 11 is 0. The first-order valence-corrected chi connectivity index (χ1v) is 12.1. The van der Waals surface area contributed by atoms with Crippen LogP contribution in [0.2, 0.25) is 0 Å². The Kier molecular flexibility index (Phi) is 7.40. The molecular formula is C27H35N5O3. The van der Waals surface area contributed by atoms with Gasteiger partial charge in [0.05, 0.1) is 0 Å². The van der Waals surface area contributed by atoms with E-state index in [2.05, 4.69) is 38.0 Å². The zero-order valence-corrected chi connectivity index (χ0v) is 21.0. The molecule has 1 saturated heterocycles. The van der Waals surface area contributed by atoms with Crippen LogP contribution in [-0.4, -0.2) is 69.2 Å². The highest BCUT2D eigenvalue weighted by Crippen LogP contribution is 2.22. The van der Waals surface area contributed by atoms with Gasteiger partial charge in [0, 0.05) is 75.7 Å². The van der Waals surface area contributed by atoms with Crippen molar-refractivity contribution in [1.29, 1.82) is 0 Å². The summed E-state index contributed by atoms with van der Waals surface area (Å²) in [4.78, 5) is 34.6. The predicted octanol–water partition coefficient (Wildman–Crippen LogP) is 3.35. The van der Waals surface area contributed by atoms with E-state index in [1.807, 2.05) is 63.3 Å². The van der Waals surface area contributed by atoms with Crippen molar-refractivity contribution in [3.05, 3.63) is 66.1 Å². The summed E-state index contributed by atoms with van der Waals surface area (Å²) in [5.74, 6) is -0.0789. The molecular weight excluding hydrogens is 442 g/mol. The van der Waals surface area contributed by atoms with Crippen LogP contribution in [0.3, 0.4) is 0 Å². The zero-order chi connectivity index (χ0) is 25.0. The lowest BCUT2D eigenvalue weighted by Gasteiger charge is -2.36. The van der Waals surface area contributed by atoms with E-state index >= 15 is 0 Å². The maximum Gasteiger partial charge on any atom is 0.408 e. The summed E-state index contributed by atoms with van der Waals surface area (Å²) in [6.07, 6.45) is 5.51. The minimum atomic E-state index is -0.708. The number of carbonyl (C=O) groups excluding carboxylic acids is 2. The maximum absolute atomic E-state index is 13.6. The first-order chi connectivity index (χ1) is 16.7. The third-order valence-corrected chi connectivity index (χ3v) is 6.21. The molecule has 8 heteroatoms. The van der Waals surface area contributed by atoms with E-state index < -0.39 is 17.7 Å². The Hall–Kier alpha value is -3.39. The second-order valence-electron chi connectivity index (χ2n) is 10.1. The number of aromatic nitrogens is 2. The lowest BCUT2D eigenvalue weighted by molar-refractivity contribution is -0.135. The molecule has 1 aliphatic rings. The van der Waals surface area contributed by atoms with Gasteiger partial charge in [0.25, 0.3) is 0 Å². The number of pyridine rings is 1. The third kappa shape index (κ3) is 6.39. The summed E-state index contributed by atoms with van der Waals surface area (Å²) in [6, 6.07) is 11.4. The molecule has 0 aliphatic carbocycles. The monoisotopic (exact) mass is 477 g/mol. The number of para-hydroxylation sites is 1. The van der Waals surface area contributed by atoms with Crippen molar-refractivity contribution in [3.8, 4) is 0 Å². The minimum absolute atomic E-state index is 0.0789. The Balaban J connectivity index is 1.47. The van der Waals surface area contributed by atoms with Gasteiger partial charge in [-0.05, 0) is 44.0 Å². The lowest BCUT2D eigenvalue weighted by Crippen LogP contribution is -2.55. The molecule has 0 radical (unpaired) electrons. The largest absolute Gasteiger partial charge is 0.444 e. The molecule has 0 unspecified atom stereocenters. The molecule has 35 heavy (non-hydrogen) atoms. The number of ether oxygens (including phenoxy) is 1. The second-order valence-corrected chi connectivity index (χ2v) is 10.1. The summed E-state index contributed by atoms with van der Waals surface area (Å²) in [6.45, 7) is 9.02. The number of amides is 2. The van der Waals surface area contributed by atoms with E-state index in [-0.39, 0.29) is 5.91 Å². The lowest BCUT2D eigenvalue weighted by atomic mass is 10.0. The molecule has 1 aromatic carbocycles. The van der Waals surface area contributed by atoms with E-state index in [1.165, 1.54) is 0 Å². The first-order valence-electron chi connectivity index (χ1n) is 12.1. The molecule has 3 heterocycles. The zero-order valence-electron chi connectivity index (χ0n) is 21.0. The Bertz CT molecular complexity index is 1160. The summed E-state index contributed by atoms with van der Waals surface area (Å²) in [7, 11) is 1.99. The number of hydrogen-bond acceptors (Lipinski definition) is 5. The van der Waals surface area contributed by atoms with Crippen molar-refractivity contribution < 1.29 is 14.3 Å². The van der Waals surface area contributed by atoms with Gasteiger partial charge in [0.15, 0.2) is 0 Å². The van der Waals surface area contributed by atoms with E-state index in [0.29, 0.717) is 19.5 Å². The molecule has 4 rings (SSSR count). The quantitative estimate of drug-likeness (QED) is 0.589. The van der Waals surface area contributed by atoms with E-state index in [0.717, 1.165) is 41.7 Å². The highest BCUT2D eigenvalue weighted by molar-refractivity contribution is 5.88. The Morgan fingerprint density at radius 1 is 1.09 bits per heavy atom. The number of hydrogen-bond donors (Lipinski definition) is 1. The van der Waals surface area contributed by atoms with Crippen LogP contribution in [0.25, 0.3) is 10.9 Å². The number of piperazine rings is 1. The Morgan fingerprint density at radius 3 is 2.51 bits per heavy atom. The third-order valence-electron chi connectivity index (χ3n) is 6.21. The molecule has 2 aromatic heterocycles. The van der Waals surface area contributed by atoms with Crippen molar-refractivity contribution in [2.45, 2.75) is 45.4 Å². The fourth-order valence-electron chi connectivity index (χ4n) is 4.55. The SMILES string of the molecule is Cn1cc(C[C@H](NC(=O)OC(C)(C)C)C(=O)N2CCN(Cc3cccnc3)CC2)c2ccccc21. The van der Waals surface area contributed by atoms with Crippen LogP contribution in [0.5, 0.6) is 0 Å². The minimum Gasteiger partial charge on any atom is -0.444 e. The van der Waals surface area contributed by atoms with Crippen LogP contribution in [0, 0.1) is 0 Å². The fraction of sp³-hybridized carbons (Fsp3) is 0.444. The molecule has 1 N–H and O–H groups in total. The predicted molar refractivity (Wildman–Crippen MR) is 136 cm³/mol. The standard InChI is InChI=1S/C27H35N5O3/c1-27(2,3)35-26(34)29-23(16-21-19-30(4)24-10-6-5-9-22(21)24)25(33)32-14-12-31(13-15-32)18-20-8-7-11-28-17-20/h5-11,17,19,23H,12-16,18H2,1-4H3,(H,29,34)/t23-/m0/s1. The summed E-state index contributed by atoms with van der Waals surface area (Å²) < 4.78 is 7.53. The number of aryl methyl sites for hydroxylation is 1. The van der Waals surface area contributed by atoms with Crippen LogP contribution in [0.1, 0.15) is 31.9 Å². The van der Waals surface area contributed by atoms with Gasteiger partial charge in [-0.15, -0.1) is 0 Å². The van der Waals surface area contributed by atoms with Gasteiger partial charge in [0.1, 0.15) is 11.6 Å². The Labute approximate surface area is 206 Å². The molecule has 1 aliphatic heterocycles. The highest BCUT2D eigenvalue weighted by Gasteiger charge is 2.31. The van der Waals surface area contributed by atoms with E-state index in [4.69, 9.17) is 4.74 Å². The second kappa shape index (κ2) is 10.5. The van der Waals surface area contributed by atoms with Crippen LogP contribution >= 0.6 is 0 Å². The number of rotatable bonds is 6. The van der Waals surface area contributed by atoms with Crippen molar-refractivity contribution in [3.63, 3.8) is 0 Å². The Morgan fingerprint density at radius 2 is 1.83 bits per heavy atom. The van der Waals surface area contributed by atoms with Gasteiger partial charge in [0.2, 0.25) is 5.91 Å². The van der Waals surface area contributed by atoms with Crippen LogP contribution < -0.4 is 5.32 Å².